The largest absolute Gasteiger partial charge is 0.309 e. The summed E-state index contributed by atoms with van der Waals surface area (Å²) in [4.78, 5) is 0. The molecule has 0 aliphatic rings. The second kappa shape index (κ2) is 14.8. The Balaban J connectivity index is 0.974. The Morgan fingerprint density at radius 2 is 0.597 bits per heavy atom. The Bertz CT molecular complexity index is 3580. The highest BCUT2D eigenvalue weighted by Crippen LogP contribution is 2.42. The fourth-order valence-corrected chi connectivity index (χ4v) is 9.56. The molecule has 0 N–H and O–H groups in total. The van der Waals surface area contributed by atoms with Gasteiger partial charge in [-0.25, -0.2) is 0 Å². The van der Waals surface area contributed by atoms with Crippen LogP contribution in [-0.2, 0) is 0 Å². The first-order valence-corrected chi connectivity index (χ1v) is 21.3. The summed E-state index contributed by atoms with van der Waals surface area (Å²) in [6.07, 6.45) is 0. The maximum atomic E-state index is 2.43. The molecule has 0 spiro atoms. The molecule has 2 aromatic heterocycles. The first kappa shape index (κ1) is 35.7. The number of rotatable bonds is 7. The maximum absolute atomic E-state index is 2.43. The van der Waals surface area contributed by atoms with Crippen LogP contribution in [0.2, 0.25) is 0 Å². The Kier molecular flexibility index (Phi) is 8.53. The van der Waals surface area contributed by atoms with Crippen LogP contribution in [0.4, 0.5) is 0 Å². The van der Waals surface area contributed by atoms with E-state index in [9.17, 15) is 0 Å². The molecule has 0 unspecified atom stereocenters. The molecule has 10 aromatic carbocycles. The monoisotopic (exact) mass is 788 g/mol. The van der Waals surface area contributed by atoms with Crippen molar-refractivity contribution in [3.8, 4) is 67.0 Å². The van der Waals surface area contributed by atoms with Gasteiger partial charge in [-0.3, -0.25) is 0 Å². The van der Waals surface area contributed by atoms with Crippen molar-refractivity contribution in [2.75, 3.05) is 0 Å². The smallest absolute Gasteiger partial charge is 0.0547 e. The van der Waals surface area contributed by atoms with E-state index >= 15 is 0 Å². The molecular weight excluding hydrogens is 749 g/mol. The Morgan fingerprint density at radius 1 is 0.210 bits per heavy atom. The zero-order valence-electron chi connectivity index (χ0n) is 34.0. The molecule has 0 atom stereocenters. The SMILES string of the molecule is c1ccc(-c2ccc(-n3c4ccc(-c5ccc6c(c5)c5ccccc5n6-c5ccc(-c6cccc(-c7ccccc7)c6)cc5)cc4c4c(-c5ccccc5)cccc43)cc2)cc1. The molecule has 12 aromatic rings. The fourth-order valence-electron chi connectivity index (χ4n) is 9.56. The number of nitrogens with zero attached hydrogens (tertiary/aromatic N) is 2. The molecular formula is C60H40N2. The van der Waals surface area contributed by atoms with E-state index < -0.39 is 0 Å². The van der Waals surface area contributed by atoms with Crippen LogP contribution < -0.4 is 0 Å². The summed E-state index contributed by atoms with van der Waals surface area (Å²) in [5, 5.41) is 4.98. The van der Waals surface area contributed by atoms with Crippen molar-refractivity contribution in [1.29, 1.82) is 0 Å². The maximum Gasteiger partial charge on any atom is 0.0547 e. The van der Waals surface area contributed by atoms with Gasteiger partial charge in [0.15, 0.2) is 0 Å². The van der Waals surface area contributed by atoms with Gasteiger partial charge in [-0.05, 0) is 122 Å². The van der Waals surface area contributed by atoms with Gasteiger partial charge in [0.25, 0.3) is 0 Å². The lowest BCUT2D eigenvalue weighted by Gasteiger charge is -2.11. The minimum absolute atomic E-state index is 1.14. The zero-order chi connectivity index (χ0) is 41.0. The quantitative estimate of drug-likeness (QED) is 0.152. The summed E-state index contributed by atoms with van der Waals surface area (Å²) in [5.41, 5.74) is 19.2. The van der Waals surface area contributed by atoms with Crippen molar-refractivity contribution in [1.82, 2.24) is 9.13 Å². The lowest BCUT2D eigenvalue weighted by molar-refractivity contribution is 1.18. The Labute approximate surface area is 360 Å². The van der Waals surface area contributed by atoms with Crippen LogP contribution in [0.3, 0.4) is 0 Å². The van der Waals surface area contributed by atoms with Crippen molar-refractivity contribution in [3.63, 3.8) is 0 Å². The van der Waals surface area contributed by atoms with Crippen LogP contribution in [-0.4, -0.2) is 9.13 Å². The van der Waals surface area contributed by atoms with E-state index in [1.165, 1.54) is 99.2 Å². The van der Waals surface area contributed by atoms with Crippen molar-refractivity contribution in [3.05, 3.63) is 243 Å². The molecule has 2 heteroatoms. The van der Waals surface area contributed by atoms with Gasteiger partial charge in [0.05, 0.1) is 22.1 Å². The van der Waals surface area contributed by atoms with Crippen molar-refractivity contribution < 1.29 is 0 Å². The number of fused-ring (bicyclic) bond motifs is 6. The van der Waals surface area contributed by atoms with Gasteiger partial charge < -0.3 is 9.13 Å². The van der Waals surface area contributed by atoms with Gasteiger partial charge in [-0.1, -0.05) is 176 Å². The second-order valence-corrected chi connectivity index (χ2v) is 16.1. The van der Waals surface area contributed by atoms with Crippen LogP contribution in [0.25, 0.3) is 111 Å². The standard InChI is InChI=1S/C60H40N2/c1-4-14-41(15-5-1)43-26-32-51(33-27-43)62-58-37-31-49(40-55(58)60-52(23-13-25-59(60)62)45-18-8-3-9-19-45)48-30-36-57-54(39-48)53-22-10-11-24-56(53)61(57)50-34-28-44(29-35-50)47-21-12-20-46(38-47)42-16-6-2-7-17-42/h1-40H. The van der Waals surface area contributed by atoms with E-state index in [2.05, 4.69) is 252 Å². The second-order valence-electron chi connectivity index (χ2n) is 16.1. The van der Waals surface area contributed by atoms with E-state index in [1.807, 2.05) is 0 Å². The predicted molar refractivity (Wildman–Crippen MR) is 262 cm³/mol. The number of para-hydroxylation sites is 1. The van der Waals surface area contributed by atoms with Crippen LogP contribution >= 0.6 is 0 Å². The summed E-state index contributed by atoms with van der Waals surface area (Å²) in [6.45, 7) is 0. The minimum atomic E-state index is 1.14. The van der Waals surface area contributed by atoms with Gasteiger partial charge >= 0.3 is 0 Å². The molecule has 2 nitrogen and oxygen atoms in total. The molecule has 0 saturated heterocycles. The average Bonchev–Trinajstić information content (AvgIpc) is 3.87. The number of aromatic nitrogens is 2. The number of benzene rings is 10. The lowest BCUT2D eigenvalue weighted by atomic mass is 9.97. The van der Waals surface area contributed by atoms with Crippen molar-refractivity contribution >= 4 is 43.6 Å². The fraction of sp³-hybridized carbons (Fsp3) is 0. The molecule has 0 bridgehead atoms. The van der Waals surface area contributed by atoms with E-state index in [0.29, 0.717) is 0 Å². The summed E-state index contributed by atoms with van der Waals surface area (Å²) in [7, 11) is 0. The summed E-state index contributed by atoms with van der Waals surface area (Å²) >= 11 is 0. The zero-order valence-corrected chi connectivity index (χ0v) is 34.0. The third-order valence-electron chi connectivity index (χ3n) is 12.5. The van der Waals surface area contributed by atoms with Crippen LogP contribution in [0.15, 0.2) is 243 Å². The van der Waals surface area contributed by atoms with Gasteiger partial charge in [0.2, 0.25) is 0 Å². The molecule has 2 heterocycles. The van der Waals surface area contributed by atoms with Gasteiger partial charge in [-0.15, -0.1) is 0 Å². The van der Waals surface area contributed by atoms with Crippen molar-refractivity contribution in [2.24, 2.45) is 0 Å². The Hall–Kier alpha value is -8.20. The molecule has 0 aliphatic carbocycles. The highest BCUT2D eigenvalue weighted by Gasteiger charge is 2.19. The average molecular weight is 789 g/mol. The molecule has 12 rings (SSSR count). The summed E-state index contributed by atoms with van der Waals surface area (Å²) < 4.78 is 4.84. The Morgan fingerprint density at radius 3 is 1.23 bits per heavy atom. The number of hydrogen-bond acceptors (Lipinski definition) is 0. The van der Waals surface area contributed by atoms with Gasteiger partial charge in [-0.2, -0.15) is 0 Å². The van der Waals surface area contributed by atoms with E-state index in [1.54, 1.807) is 0 Å². The molecule has 290 valence electrons. The van der Waals surface area contributed by atoms with E-state index in [-0.39, 0.29) is 0 Å². The molecule has 62 heavy (non-hydrogen) atoms. The third-order valence-corrected chi connectivity index (χ3v) is 12.5. The molecule has 0 fully saturated rings. The highest BCUT2D eigenvalue weighted by atomic mass is 15.0. The molecule has 0 amide bonds. The first-order valence-electron chi connectivity index (χ1n) is 21.3. The van der Waals surface area contributed by atoms with Crippen molar-refractivity contribution in [2.45, 2.75) is 0 Å². The van der Waals surface area contributed by atoms with E-state index in [0.717, 1.165) is 11.4 Å². The van der Waals surface area contributed by atoms with Crippen LogP contribution in [0.5, 0.6) is 0 Å². The normalized spacial score (nSPS) is 11.5. The van der Waals surface area contributed by atoms with Gasteiger partial charge in [0.1, 0.15) is 0 Å². The lowest BCUT2D eigenvalue weighted by Crippen LogP contribution is -1.94. The minimum Gasteiger partial charge on any atom is -0.309 e. The van der Waals surface area contributed by atoms with Crippen LogP contribution in [0, 0.1) is 0 Å². The molecule has 0 radical (unpaired) electrons. The number of hydrogen-bond donors (Lipinski definition) is 0. The van der Waals surface area contributed by atoms with Crippen LogP contribution in [0.1, 0.15) is 0 Å². The topological polar surface area (TPSA) is 9.86 Å². The first-order chi connectivity index (χ1) is 30.7. The van der Waals surface area contributed by atoms with Gasteiger partial charge in [0, 0.05) is 32.9 Å². The summed E-state index contributed by atoms with van der Waals surface area (Å²) in [5.74, 6) is 0. The molecule has 0 aliphatic heterocycles. The van der Waals surface area contributed by atoms with E-state index in [4.69, 9.17) is 0 Å². The highest BCUT2D eigenvalue weighted by molar-refractivity contribution is 6.17. The third kappa shape index (κ3) is 6.04. The predicted octanol–water partition coefficient (Wildman–Crippen LogP) is 16.2. The molecule has 0 saturated carbocycles. The summed E-state index contributed by atoms with van der Waals surface area (Å²) in [6, 6.07) is 88.3.